The summed E-state index contributed by atoms with van der Waals surface area (Å²) in [4.78, 5) is 2.54. The van der Waals surface area contributed by atoms with Gasteiger partial charge in [0.15, 0.2) is 0 Å². The van der Waals surface area contributed by atoms with Gasteiger partial charge in [0, 0.05) is 26.2 Å². The van der Waals surface area contributed by atoms with E-state index in [0.717, 1.165) is 50.2 Å². The summed E-state index contributed by atoms with van der Waals surface area (Å²) in [6.45, 7) is 7.29. The Balaban J connectivity index is 1.44. The van der Waals surface area contributed by atoms with Crippen LogP contribution < -0.4 is 0 Å². The largest absolute Gasteiger partial charge is 0.378 e. The Morgan fingerprint density at radius 2 is 2.00 bits per heavy atom. The number of aromatic nitrogens is 3. The number of piperidine rings is 1. The minimum Gasteiger partial charge on any atom is -0.378 e. The van der Waals surface area contributed by atoms with Crippen molar-refractivity contribution in [3.63, 3.8) is 0 Å². The molecule has 0 aliphatic carbocycles. The summed E-state index contributed by atoms with van der Waals surface area (Å²) < 4.78 is 7.71. The zero-order valence-corrected chi connectivity index (χ0v) is 12.7. The molecule has 5 nitrogen and oxygen atoms in total. The van der Waals surface area contributed by atoms with E-state index in [1.165, 1.54) is 12.8 Å². The maximum Gasteiger partial charge on any atom is 0.113 e. The summed E-state index contributed by atoms with van der Waals surface area (Å²) in [6.07, 6.45) is 3.93. The minimum atomic E-state index is 0.477. The Morgan fingerprint density at radius 3 is 2.81 bits per heavy atom. The molecule has 1 fully saturated rings. The van der Waals surface area contributed by atoms with Gasteiger partial charge in [0.1, 0.15) is 5.52 Å². The first-order chi connectivity index (χ1) is 10.4. The third-order valence-corrected chi connectivity index (χ3v) is 4.20. The van der Waals surface area contributed by atoms with Crippen molar-refractivity contribution in [3.8, 4) is 0 Å². The Hall–Kier alpha value is -1.46. The molecule has 0 radical (unpaired) electrons. The maximum atomic E-state index is 5.69. The summed E-state index contributed by atoms with van der Waals surface area (Å²) in [6, 6.07) is 8.14. The van der Waals surface area contributed by atoms with Crippen LogP contribution in [0.4, 0.5) is 0 Å². The molecular formula is C16H24N4O. The first-order valence-corrected chi connectivity index (χ1v) is 7.99. The van der Waals surface area contributed by atoms with Crippen LogP contribution in [0.1, 0.15) is 26.2 Å². The van der Waals surface area contributed by atoms with Crippen LogP contribution in [0, 0.1) is 0 Å². The first-order valence-electron chi connectivity index (χ1n) is 7.99. The van der Waals surface area contributed by atoms with E-state index in [1.54, 1.807) is 0 Å². The molecule has 1 aliphatic rings. The molecule has 0 spiro atoms. The van der Waals surface area contributed by atoms with E-state index in [9.17, 15) is 0 Å². The molecule has 0 saturated carbocycles. The van der Waals surface area contributed by atoms with Crippen molar-refractivity contribution < 1.29 is 4.74 Å². The molecule has 3 rings (SSSR count). The summed E-state index contributed by atoms with van der Waals surface area (Å²) in [5, 5.41) is 8.44. The molecule has 1 aromatic carbocycles. The second kappa shape index (κ2) is 7.00. The van der Waals surface area contributed by atoms with E-state index < -0.39 is 0 Å². The van der Waals surface area contributed by atoms with Gasteiger partial charge in [-0.2, -0.15) is 0 Å². The molecule has 21 heavy (non-hydrogen) atoms. The van der Waals surface area contributed by atoms with E-state index in [2.05, 4.69) is 28.2 Å². The van der Waals surface area contributed by atoms with E-state index in [4.69, 9.17) is 4.74 Å². The third-order valence-electron chi connectivity index (χ3n) is 4.20. The predicted molar refractivity (Wildman–Crippen MR) is 83.2 cm³/mol. The first kappa shape index (κ1) is 14.5. The zero-order valence-electron chi connectivity index (χ0n) is 12.7. The highest BCUT2D eigenvalue weighted by Gasteiger charge is 2.18. The number of nitrogens with zero attached hydrogens (tertiary/aromatic N) is 4. The molecule has 5 heteroatoms. The second-order valence-corrected chi connectivity index (χ2v) is 5.65. The van der Waals surface area contributed by atoms with Gasteiger partial charge >= 0.3 is 0 Å². The number of para-hydroxylation sites is 1. The minimum absolute atomic E-state index is 0.477. The highest BCUT2D eigenvalue weighted by molar-refractivity contribution is 5.73. The van der Waals surface area contributed by atoms with Gasteiger partial charge in [0.25, 0.3) is 0 Å². The van der Waals surface area contributed by atoms with E-state index in [1.807, 2.05) is 22.9 Å². The quantitative estimate of drug-likeness (QED) is 0.818. The molecular weight excluding hydrogens is 264 g/mol. The van der Waals surface area contributed by atoms with E-state index in [0.29, 0.717) is 6.10 Å². The standard InChI is InChI=1S/C16H24N4O/c1-2-21-14-8-12-19(13-9-14)10-5-11-20-16-7-4-3-6-15(16)17-18-20/h3-4,6-7,14H,2,5,8-13H2,1H3. The van der Waals surface area contributed by atoms with Crippen LogP contribution in [0.15, 0.2) is 24.3 Å². The lowest BCUT2D eigenvalue weighted by Crippen LogP contribution is -2.37. The van der Waals surface area contributed by atoms with Gasteiger partial charge < -0.3 is 9.64 Å². The fraction of sp³-hybridized carbons (Fsp3) is 0.625. The number of likely N-dealkylation sites (tertiary alicyclic amines) is 1. The fourth-order valence-electron chi connectivity index (χ4n) is 3.06. The van der Waals surface area contributed by atoms with Gasteiger partial charge in [0.2, 0.25) is 0 Å². The van der Waals surface area contributed by atoms with Crippen LogP contribution in [-0.4, -0.2) is 52.2 Å². The molecule has 0 atom stereocenters. The Labute approximate surface area is 125 Å². The summed E-state index contributed by atoms with van der Waals surface area (Å²) in [7, 11) is 0. The topological polar surface area (TPSA) is 43.2 Å². The van der Waals surface area contributed by atoms with Crippen LogP contribution in [0.25, 0.3) is 11.0 Å². The monoisotopic (exact) mass is 288 g/mol. The maximum absolute atomic E-state index is 5.69. The number of hydrogen-bond donors (Lipinski definition) is 0. The lowest BCUT2D eigenvalue weighted by molar-refractivity contribution is 0.0139. The van der Waals surface area contributed by atoms with Crippen molar-refractivity contribution in [2.75, 3.05) is 26.2 Å². The fourth-order valence-corrected chi connectivity index (χ4v) is 3.06. The average molecular weight is 288 g/mol. The molecule has 1 aliphatic heterocycles. The summed E-state index contributed by atoms with van der Waals surface area (Å²) in [5.41, 5.74) is 2.11. The highest BCUT2D eigenvalue weighted by Crippen LogP contribution is 2.14. The Kier molecular flexibility index (Phi) is 4.83. The molecule has 0 unspecified atom stereocenters. The number of aryl methyl sites for hydroxylation is 1. The van der Waals surface area contributed by atoms with Crippen molar-refractivity contribution in [2.45, 2.75) is 38.8 Å². The summed E-state index contributed by atoms with van der Waals surface area (Å²) in [5.74, 6) is 0. The zero-order chi connectivity index (χ0) is 14.5. The van der Waals surface area contributed by atoms with Crippen molar-refractivity contribution in [3.05, 3.63) is 24.3 Å². The van der Waals surface area contributed by atoms with Crippen LogP contribution in [-0.2, 0) is 11.3 Å². The second-order valence-electron chi connectivity index (χ2n) is 5.65. The van der Waals surface area contributed by atoms with E-state index in [-0.39, 0.29) is 0 Å². The van der Waals surface area contributed by atoms with Crippen molar-refractivity contribution in [1.29, 1.82) is 0 Å². The van der Waals surface area contributed by atoms with Gasteiger partial charge in [-0.15, -0.1) is 5.10 Å². The number of ether oxygens (including phenoxy) is 1. The van der Waals surface area contributed by atoms with Gasteiger partial charge in [-0.05, 0) is 44.9 Å². The van der Waals surface area contributed by atoms with Gasteiger partial charge in [-0.3, -0.25) is 0 Å². The smallest absolute Gasteiger partial charge is 0.113 e. The molecule has 0 N–H and O–H groups in total. The normalized spacial score (nSPS) is 17.6. The van der Waals surface area contributed by atoms with E-state index >= 15 is 0 Å². The summed E-state index contributed by atoms with van der Waals surface area (Å²) >= 11 is 0. The average Bonchev–Trinajstić information content (AvgIpc) is 2.93. The number of fused-ring (bicyclic) bond motifs is 1. The molecule has 1 aromatic heterocycles. The van der Waals surface area contributed by atoms with Crippen LogP contribution in [0.2, 0.25) is 0 Å². The van der Waals surface area contributed by atoms with Crippen molar-refractivity contribution in [1.82, 2.24) is 19.9 Å². The third kappa shape index (κ3) is 3.60. The van der Waals surface area contributed by atoms with Crippen molar-refractivity contribution >= 4 is 11.0 Å². The lowest BCUT2D eigenvalue weighted by atomic mass is 10.1. The highest BCUT2D eigenvalue weighted by atomic mass is 16.5. The van der Waals surface area contributed by atoms with Crippen LogP contribution in [0.5, 0.6) is 0 Å². The van der Waals surface area contributed by atoms with Gasteiger partial charge in [0.05, 0.1) is 11.6 Å². The molecule has 0 amide bonds. The number of hydrogen-bond acceptors (Lipinski definition) is 4. The van der Waals surface area contributed by atoms with Gasteiger partial charge in [-0.25, -0.2) is 4.68 Å². The van der Waals surface area contributed by atoms with Crippen LogP contribution >= 0.6 is 0 Å². The molecule has 1 saturated heterocycles. The SMILES string of the molecule is CCOC1CCN(CCCn2nnc3ccccc32)CC1. The predicted octanol–water partition coefficient (Wildman–Crippen LogP) is 2.32. The number of benzene rings is 1. The molecule has 114 valence electrons. The Morgan fingerprint density at radius 1 is 1.19 bits per heavy atom. The lowest BCUT2D eigenvalue weighted by Gasteiger charge is -2.31. The van der Waals surface area contributed by atoms with Crippen LogP contribution in [0.3, 0.4) is 0 Å². The molecule has 0 bridgehead atoms. The number of rotatable bonds is 6. The molecule has 2 heterocycles. The Bertz CT molecular complexity index is 560. The molecule has 2 aromatic rings. The van der Waals surface area contributed by atoms with Gasteiger partial charge in [-0.1, -0.05) is 17.3 Å². The van der Waals surface area contributed by atoms with Crippen molar-refractivity contribution in [2.24, 2.45) is 0 Å².